The van der Waals surface area contributed by atoms with Crippen LogP contribution in [0, 0.1) is 6.92 Å². The molecule has 2 nitrogen and oxygen atoms in total. The van der Waals surface area contributed by atoms with Crippen LogP contribution in [0.2, 0.25) is 0 Å². The van der Waals surface area contributed by atoms with Gasteiger partial charge in [-0.05, 0) is 18.9 Å². The largest absolute Gasteiger partial charge is 0.399 e. The minimum Gasteiger partial charge on any atom is -0.399 e. The fraction of sp³-hybridized carbons (Fsp3) is 0.500. The maximum atomic E-state index is 4.45. The monoisotopic (exact) mass is 140 g/mol. The lowest BCUT2D eigenvalue weighted by Gasteiger charge is -1.85. The topological polar surface area (TPSA) is 21.6 Å². The highest BCUT2D eigenvalue weighted by Crippen LogP contribution is 1.93. The third-order valence-electron chi connectivity index (χ3n) is 1.01. The maximum absolute atomic E-state index is 4.45. The van der Waals surface area contributed by atoms with Gasteiger partial charge in [-0.1, -0.05) is 24.6 Å². The second kappa shape index (κ2) is 8.21. The van der Waals surface area contributed by atoms with Crippen molar-refractivity contribution in [3.05, 3.63) is 19.1 Å². The Hall–Kier alpha value is -0.790. The number of rotatable bonds is 5. The molecule has 0 unspecified atom stereocenters. The maximum Gasteiger partial charge on any atom is 0.106 e. The Morgan fingerprint density at radius 1 is 1.60 bits per heavy atom. The van der Waals surface area contributed by atoms with Crippen LogP contribution < -0.4 is 0 Å². The van der Waals surface area contributed by atoms with E-state index in [1.54, 1.807) is 6.21 Å². The highest BCUT2D eigenvalue weighted by atomic mass is 16.6. The van der Waals surface area contributed by atoms with Crippen molar-refractivity contribution in [1.29, 1.82) is 0 Å². The molecule has 10 heavy (non-hydrogen) atoms. The summed E-state index contributed by atoms with van der Waals surface area (Å²) in [7, 11) is 1.53. The second-order valence-corrected chi connectivity index (χ2v) is 1.86. The summed E-state index contributed by atoms with van der Waals surface area (Å²) >= 11 is 0. The minimum atomic E-state index is 0.992. The zero-order chi connectivity index (χ0) is 7.66. The Labute approximate surface area is 62.6 Å². The highest BCUT2D eigenvalue weighted by molar-refractivity contribution is 5.70. The molecule has 0 amide bonds. The van der Waals surface area contributed by atoms with Gasteiger partial charge in [-0.2, -0.15) is 0 Å². The van der Waals surface area contributed by atoms with E-state index in [0.717, 1.165) is 19.3 Å². The van der Waals surface area contributed by atoms with E-state index < -0.39 is 0 Å². The lowest BCUT2D eigenvalue weighted by molar-refractivity contribution is 0.215. The average molecular weight is 140 g/mol. The van der Waals surface area contributed by atoms with Gasteiger partial charge < -0.3 is 4.84 Å². The van der Waals surface area contributed by atoms with Gasteiger partial charge in [0.05, 0.1) is 6.21 Å². The van der Waals surface area contributed by atoms with Crippen LogP contribution in [0.1, 0.15) is 19.3 Å². The zero-order valence-electron chi connectivity index (χ0n) is 6.42. The number of oxime groups is 1. The molecule has 0 N–H and O–H groups in total. The normalized spacial score (nSPS) is 11.4. The molecule has 0 aromatic rings. The van der Waals surface area contributed by atoms with Crippen molar-refractivity contribution in [3.8, 4) is 0 Å². The van der Waals surface area contributed by atoms with E-state index in [2.05, 4.69) is 16.9 Å². The number of nitrogens with zero attached hydrogens (tertiary/aromatic N) is 1. The fourth-order valence-electron chi connectivity index (χ4n) is 0.515. The summed E-state index contributed by atoms with van der Waals surface area (Å²) < 4.78 is 0. The van der Waals surface area contributed by atoms with Crippen LogP contribution in [-0.4, -0.2) is 13.3 Å². The Balaban J connectivity index is 3.11. The molecule has 0 atom stereocenters. The molecule has 0 fully saturated rings. The second-order valence-electron chi connectivity index (χ2n) is 1.86. The van der Waals surface area contributed by atoms with Gasteiger partial charge in [0.15, 0.2) is 0 Å². The van der Waals surface area contributed by atoms with E-state index in [4.69, 9.17) is 0 Å². The van der Waals surface area contributed by atoms with Gasteiger partial charge in [0.1, 0.15) is 7.11 Å². The van der Waals surface area contributed by atoms with Gasteiger partial charge in [-0.25, -0.2) is 0 Å². The van der Waals surface area contributed by atoms with E-state index in [0.29, 0.717) is 0 Å². The zero-order valence-corrected chi connectivity index (χ0v) is 6.42. The van der Waals surface area contributed by atoms with Crippen molar-refractivity contribution in [2.45, 2.75) is 19.3 Å². The molecule has 0 saturated heterocycles. The Bertz CT molecular complexity index is 108. The summed E-state index contributed by atoms with van der Waals surface area (Å²) in [6, 6.07) is 0. The molecular formula is C8H14NO. The highest BCUT2D eigenvalue weighted by Gasteiger charge is 1.75. The van der Waals surface area contributed by atoms with E-state index in [9.17, 15) is 0 Å². The van der Waals surface area contributed by atoms with Crippen LogP contribution in [0.4, 0.5) is 0 Å². The lowest BCUT2D eigenvalue weighted by atomic mass is 10.2. The summed E-state index contributed by atoms with van der Waals surface area (Å²) in [4.78, 5) is 4.45. The van der Waals surface area contributed by atoms with Gasteiger partial charge >= 0.3 is 0 Å². The summed E-state index contributed by atoms with van der Waals surface area (Å²) in [5, 5.41) is 3.54. The number of allylic oxidation sites excluding steroid dienone is 2. The van der Waals surface area contributed by atoms with Crippen LogP contribution in [-0.2, 0) is 4.84 Å². The lowest BCUT2D eigenvalue weighted by Crippen LogP contribution is -1.70. The average Bonchev–Trinajstić information content (AvgIpc) is 1.97. The minimum absolute atomic E-state index is 0.992. The smallest absolute Gasteiger partial charge is 0.106 e. The molecule has 0 aromatic heterocycles. The fourth-order valence-corrected chi connectivity index (χ4v) is 0.515. The first-order valence-electron chi connectivity index (χ1n) is 3.42. The SMILES string of the molecule is [CH2]CCC/C=C/C=N/OC. The van der Waals surface area contributed by atoms with E-state index in [1.807, 2.05) is 12.2 Å². The first-order chi connectivity index (χ1) is 4.91. The predicted octanol–water partition coefficient (Wildman–Crippen LogP) is 2.18. The van der Waals surface area contributed by atoms with Crippen molar-refractivity contribution >= 4 is 6.21 Å². The molecule has 0 saturated carbocycles. The first-order valence-corrected chi connectivity index (χ1v) is 3.42. The van der Waals surface area contributed by atoms with Crippen molar-refractivity contribution in [2.24, 2.45) is 5.16 Å². The Morgan fingerprint density at radius 3 is 3.00 bits per heavy atom. The third-order valence-corrected chi connectivity index (χ3v) is 1.01. The molecule has 0 aliphatic heterocycles. The molecular weight excluding hydrogens is 126 g/mol. The van der Waals surface area contributed by atoms with Crippen LogP contribution in [0.3, 0.4) is 0 Å². The standard InChI is InChI=1S/C8H14NO/c1-3-4-5-6-7-8-9-10-2/h6-8H,1,3-5H2,2H3/b7-6+,9-8+. The van der Waals surface area contributed by atoms with E-state index in [1.165, 1.54) is 7.11 Å². The van der Waals surface area contributed by atoms with E-state index >= 15 is 0 Å². The predicted molar refractivity (Wildman–Crippen MR) is 43.8 cm³/mol. The number of hydrogen-bond acceptors (Lipinski definition) is 2. The van der Waals surface area contributed by atoms with E-state index in [-0.39, 0.29) is 0 Å². The molecule has 0 rings (SSSR count). The molecule has 0 aliphatic rings. The van der Waals surface area contributed by atoms with Gasteiger partial charge in [0, 0.05) is 0 Å². The van der Waals surface area contributed by atoms with Crippen molar-refractivity contribution in [2.75, 3.05) is 7.11 Å². The summed E-state index contributed by atoms with van der Waals surface area (Å²) in [5.74, 6) is 0. The van der Waals surface area contributed by atoms with Gasteiger partial charge in [-0.15, -0.1) is 0 Å². The number of hydrogen-bond donors (Lipinski definition) is 0. The molecule has 0 aliphatic carbocycles. The van der Waals surface area contributed by atoms with Crippen LogP contribution in [0.15, 0.2) is 17.3 Å². The summed E-state index contributed by atoms with van der Waals surface area (Å²) in [5.41, 5.74) is 0. The summed E-state index contributed by atoms with van der Waals surface area (Å²) in [6.45, 7) is 3.73. The molecule has 2 heteroatoms. The van der Waals surface area contributed by atoms with Gasteiger partial charge in [0.2, 0.25) is 0 Å². The molecule has 1 radical (unpaired) electrons. The van der Waals surface area contributed by atoms with Crippen LogP contribution >= 0.6 is 0 Å². The molecule has 57 valence electrons. The van der Waals surface area contributed by atoms with Crippen molar-refractivity contribution in [3.63, 3.8) is 0 Å². The van der Waals surface area contributed by atoms with Crippen LogP contribution in [0.5, 0.6) is 0 Å². The summed E-state index contributed by atoms with van der Waals surface area (Å²) in [6.07, 6.45) is 8.75. The Morgan fingerprint density at radius 2 is 2.40 bits per heavy atom. The first kappa shape index (κ1) is 9.21. The quantitative estimate of drug-likeness (QED) is 0.326. The van der Waals surface area contributed by atoms with Gasteiger partial charge in [0.25, 0.3) is 0 Å². The van der Waals surface area contributed by atoms with Crippen molar-refractivity contribution < 1.29 is 4.84 Å². The molecule has 0 bridgehead atoms. The Kier molecular flexibility index (Phi) is 7.56. The molecule has 0 aromatic carbocycles. The van der Waals surface area contributed by atoms with Gasteiger partial charge in [-0.3, -0.25) is 0 Å². The van der Waals surface area contributed by atoms with Crippen LogP contribution in [0.25, 0.3) is 0 Å². The molecule has 0 heterocycles. The molecule has 0 spiro atoms. The van der Waals surface area contributed by atoms with Crippen molar-refractivity contribution in [1.82, 2.24) is 0 Å². The third kappa shape index (κ3) is 7.21. The number of unbranched alkanes of at least 4 members (excludes halogenated alkanes) is 2.